The topological polar surface area (TPSA) is 49.7 Å². The van der Waals surface area contributed by atoms with Gasteiger partial charge in [0.05, 0.1) is 19.3 Å². The summed E-state index contributed by atoms with van der Waals surface area (Å²) < 4.78 is 5.20. The second kappa shape index (κ2) is 2.86. The van der Waals surface area contributed by atoms with E-state index in [4.69, 9.17) is 14.9 Å². The second-order valence-electron chi connectivity index (χ2n) is 3.10. The highest BCUT2D eigenvalue weighted by Gasteiger charge is 2.38. The molecule has 2 atom stereocenters. The fourth-order valence-corrected chi connectivity index (χ4v) is 1.25. The van der Waals surface area contributed by atoms with Crippen LogP contribution in [0.2, 0.25) is 0 Å². The van der Waals surface area contributed by atoms with Gasteiger partial charge in [0.15, 0.2) is 0 Å². The van der Waals surface area contributed by atoms with Crippen LogP contribution in [0.5, 0.6) is 0 Å². The number of aliphatic hydroxyl groups excluding tert-OH is 2. The van der Waals surface area contributed by atoms with E-state index in [1.165, 1.54) is 0 Å². The van der Waals surface area contributed by atoms with Crippen LogP contribution in [0, 0.1) is 5.41 Å². The zero-order chi connectivity index (χ0) is 7.61. The summed E-state index contributed by atoms with van der Waals surface area (Å²) in [7, 11) is 0. The lowest BCUT2D eigenvalue weighted by atomic mass is 9.84. The second-order valence-corrected chi connectivity index (χ2v) is 3.10. The molecule has 1 saturated heterocycles. The van der Waals surface area contributed by atoms with Gasteiger partial charge in [0.1, 0.15) is 0 Å². The molecule has 0 aliphatic carbocycles. The van der Waals surface area contributed by atoms with Crippen LogP contribution in [0.15, 0.2) is 0 Å². The van der Waals surface area contributed by atoms with Crippen molar-refractivity contribution in [2.24, 2.45) is 5.41 Å². The quantitative estimate of drug-likeness (QED) is 0.565. The highest BCUT2D eigenvalue weighted by atomic mass is 16.5. The van der Waals surface area contributed by atoms with Gasteiger partial charge in [-0.2, -0.15) is 0 Å². The highest BCUT2D eigenvalue weighted by molar-refractivity contribution is 4.86. The van der Waals surface area contributed by atoms with Crippen LogP contribution in [0.25, 0.3) is 0 Å². The normalized spacial score (nSPS) is 40.5. The number of hydrogen-bond acceptors (Lipinski definition) is 3. The Labute approximate surface area is 60.6 Å². The van der Waals surface area contributed by atoms with Crippen molar-refractivity contribution in [1.82, 2.24) is 0 Å². The maximum absolute atomic E-state index is 8.94. The van der Waals surface area contributed by atoms with E-state index in [9.17, 15) is 0 Å². The van der Waals surface area contributed by atoms with Gasteiger partial charge < -0.3 is 14.9 Å². The summed E-state index contributed by atoms with van der Waals surface area (Å²) in [5.74, 6) is 0. The van der Waals surface area contributed by atoms with Crippen LogP contribution in [-0.2, 0) is 4.74 Å². The monoisotopic (exact) mass is 146 g/mol. The van der Waals surface area contributed by atoms with E-state index in [1.54, 1.807) is 0 Å². The third-order valence-electron chi connectivity index (χ3n) is 2.30. The molecular formula is C7H14O3. The molecule has 1 fully saturated rings. The maximum atomic E-state index is 8.94. The van der Waals surface area contributed by atoms with Crippen LogP contribution < -0.4 is 0 Å². The Morgan fingerprint density at radius 2 is 2.30 bits per heavy atom. The summed E-state index contributed by atoms with van der Waals surface area (Å²) in [6.07, 6.45) is 0.673. The molecule has 3 nitrogen and oxygen atoms in total. The molecule has 0 aromatic carbocycles. The molecule has 60 valence electrons. The Kier molecular flexibility index (Phi) is 2.28. The largest absolute Gasteiger partial charge is 0.396 e. The summed E-state index contributed by atoms with van der Waals surface area (Å²) in [4.78, 5) is 0. The fraction of sp³-hybridized carbons (Fsp3) is 1.00. The van der Waals surface area contributed by atoms with Gasteiger partial charge in [-0.1, -0.05) is 6.92 Å². The molecule has 0 aromatic heterocycles. The van der Waals surface area contributed by atoms with Gasteiger partial charge >= 0.3 is 0 Å². The van der Waals surface area contributed by atoms with Gasteiger partial charge in [0.25, 0.3) is 0 Å². The molecule has 0 radical (unpaired) electrons. The Morgan fingerprint density at radius 3 is 2.70 bits per heavy atom. The number of ether oxygens (including phenoxy) is 1. The molecule has 1 rings (SSSR count). The SMILES string of the molecule is C[C@@]1(CO)CCO[C@@H]1CO. The zero-order valence-electron chi connectivity index (χ0n) is 6.21. The van der Waals surface area contributed by atoms with Gasteiger partial charge in [-0.15, -0.1) is 0 Å². The van der Waals surface area contributed by atoms with Crippen LogP contribution in [-0.4, -0.2) is 36.1 Å². The molecule has 10 heavy (non-hydrogen) atoms. The van der Waals surface area contributed by atoms with Crippen molar-refractivity contribution in [2.45, 2.75) is 19.4 Å². The van der Waals surface area contributed by atoms with E-state index < -0.39 is 0 Å². The van der Waals surface area contributed by atoms with E-state index in [-0.39, 0.29) is 24.7 Å². The van der Waals surface area contributed by atoms with Crippen molar-refractivity contribution in [3.63, 3.8) is 0 Å². The zero-order valence-corrected chi connectivity index (χ0v) is 6.21. The minimum Gasteiger partial charge on any atom is -0.396 e. The fourth-order valence-electron chi connectivity index (χ4n) is 1.25. The van der Waals surface area contributed by atoms with Crippen molar-refractivity contribution >= 4 is 0 Å². The van der Waals surface area contributed by atoms with Crippen LogP contribution in [0.1, 0.15) is 13.3 Å². The van der Waals surface area contributed by atoms with Gasteiger partial charge in [-0.05, 0) is 6.42 Å². The summed E-state index contributed by atoms with van der Waals surface area (Å²) in [5, 5.41) is 17.7. The van der Waals surface area contributed by atoms with Crippen molar-refractivity contribution in [2.75, 3.05) is 19.8 Å². The molecule has 0 amide bonds. The summed E-state index contributed by atoms with van der Waals surface area (Å²) in [6.45, 7) is 2.69. The van der Waals surface area contributed by atoms with Crippen molar-refractivity contribution in [1.29, 1.82) is 0 Å². The average Bonchev–Trinajstić information content (AvgIpc) is 2.32. The molecule has 0 unspecified atom stereocenters. The van der Waals surface area contributed by atoms with Gasteiger partial charge in [0, 0.05) is 12.0 Å². The number of rotatable bonds is 2. The summed E-state index contributed by atoms with van der Waals surface area (Å²) in [6, 6.07) is 0. The third kappa shape index (κ3) is 1.17. The predicted octanol–water partition coefficient (Wildman–Crippen LogP) is -0.234. The lowest BCUT2D eigenvalue weighted by Gasteiger charge is -2.25. The van der Waals surface area contributed by atoms with Gasteiger partial charge in [0.2, 0.25) is 0 Å². The minimum absolute atomic E-state index is 0.0110. The van der Waals surface area contributed by atoms with E-state index in [0.29, 0.717) is 6.61 Å². The number of hydrogen-bond donors (Lipinski definition) is 2. The van der Waals surface area contributed by atoms with Crippen molar-refractivity contribution in [3.05, 3.63) is 0 Å². The average molecular weight is 146 g/mol. The molecule has 0 spiro atoms. The van der Waals surface area contributed by atoms with Crippen molar-refractivity contribution in [3.8, 4) is 0 Å². The maximum Gasteiger partial charge on any atom is 0.0881 e. The van der Waals surface area contributed by atoms with Crippen LogP contribution >= 0.6 is 0 Å². The first-order chi connectivity index (χ1) is 4.73. The van der Waals surface area contributed by atoms with E-state index in [2.05, 4.69) is 0 Å². The molecule has 3 heteroatoms. The van der Waals surface area contributed by atoms with E-state index >= 15 is 0 Å². The lowest BCUT2D eigenvalue weighted by molar-refractivity contribution is -0.0114. The summed E-state index contributed by atoms with van der Waals surface area (Å²) in [5.41, 5.74) is -0.214. The highest BCUT2D eigenvalue weighted by Crippen LogP contribution is 2.33. The smallest absolute Gasteiger partial charge is 0.0881 e. The molecule has 1 aliphatic rings. The van der Waals surface area contributed by atoms with Crippen LogP contribution in [0.3, 0.4) is 0 Å². The molecule has 1 heterocycles. The molecular weight excluding hydrogens is 132 g/mol. The Morgan fingerprint density at radius 1 is 1.60 bits per heavy atom. The number of aliphatic hydroxyl groups is 2. The first kappa shape index (κ1) is 7.98. The molecule has 0 saturated carbocycles. The minimum atomic E-state index is -0.214. The standard InChI is InChI=1S/C7H14O3/c1-7(5-9)2-3-10-6(7)4-8/h6,8-9H,2-5H2,1H3/t6-,7+/m1/s1. The molecule has 1 aliphatic heterocycles. The van der Waals surface area contributed by atoms with E-state index in [1.807, 2.05) is 6.92 Å². The van der Waals surface area contributed by atoms with E-state index in [0.717, 1.165) is 6.42 Å². The van der Waals surface area contributed by atoms with Gasteiger partial charge in [-0.25, -0.2) is 0 Å². The lowest BCUT2D eigenvalue weighted by Crippen LogP contribution is -2.34. The Bertz CT molecular complexity index is 115. The third-order valence-corrected chi connectivity index (χ3v) is 2.30. The van der Waals surface area contributed by atoms with Crippen LogP contribution in [0.4, 0.5) is 0 Å². The molecule has 0 aromatic rings. The Balaban J connectivity index is 2.56. The summed E-state index contributed by atoms with van der Waals surface area (Å²) >= 11 is 0. The Hall–Kier alpha value is -0.120. The molecule has 0 bridgehead atoms. The van der Waals surface area contributed by atoms with Crippen molar-refractivity contribution < 1.29 is 14.9 Å². The molecule has 2 N–H and O–H groups in total. The predicted molar refractivity (Wildman–Crippen MR) is 36.6 cm³/mol. The van der Waals surface area contributed by atoms with Gasteiger partial charge in [-0.3, -0.25) is 0 Å². The first-order valence-corrected chi connectivity index (χ1v) is 3.56. The first-order valence-electron chi connectivity index (χ1n) is 3.56.